The number of rotatable bonds is 8. The van der Waals surface area contributed by atoms with Crippen LogP contribution in [0.5, 0.6) is 5.75 Å². The van der Waals surface area contributed by atoms with Crippen LogP contribution in [-0.4, -0.2) is 48.0 Å². The maximum atomic E-state index is 13.2. The number of fused-ring (bicyclic) bond motifs is 1. The van der Waals surface area contributed by atoms with Crippen LogP contribution in [0.3, 0.4) is 0 Å². The van der Waals surface area contributed by atoms with Gasteiger partial charge >= 0.3 is 0 Å². The molecule has 0 atom stereocenters. The summed E-state index contributed by atoms with van der Waals surface area (Å²) in [5.74, 6) is 0.658. The highest BCUT2D eigenvalue weighted by molar-refractivity contribution is 6.07. The number of nitrogens with zero attached hydrogens (tertiary/aromatic N) is 3. The first-order valence-electron chi connectivity index (χ1n) is 10.5. The molecule has 2 aromatic carbocycles. The number of para-hydroxylation sites is 1. The fraction of sp³-hybridized carbons (Fsp3) is 0.192. The van der Waals surface area contributed by atoms with Crippen molar-refractivity contribution >= 4 is 16.8 Å². The number of ether oxygens (including phenoxy) is 1. The van der Waals surface area contributed by atoms with Crippen LogP contribution in [-0.2, 0) is 6.54 Å². The maximum Gasteiger partial charge on any atom is 0.252 e. The summed E-state index contributed by atoms with van der Waals surface area (Å²) in [6.07, 6.45) is 3.44. The number of hydrogen-bond acceptors (Lipinski definition) is 5. The SMILES string of the molecule is CN(C)CCOc1cccc(CNC(=O)c2cc(-c3ccncc3)nc3ccccc23)c1. The second kappa shape index (κ2) is 10.0. The molecule has 0 aliphatic heterocycles. The number of carbonyl (C=O) groups is 1. The molecule has 0 saturated carbocycles. The Labute approximate surface area is 187 Å². The lowest BCUT2D eigenvalue weighted by Gasteiger charge is -2.13. The van der Waals surface area contributed by atoms with E-state index < -0.39 is 0 Å². The molecule has 0 aliphatic rings. The van der Waals surface area contributed by atoms with Crippen LogP contribution in [0.25, 0.3) is 22.2 Å². The van der Waals surface area contributed by atoms with Gasteiger partial charge in [0.2, 0.25) is 0 Å². The van der Waals surface area contributed by atoms with Crippen LogP contribution in [0.1, 0.15) is 15.9 Å². The molecule has 0 radical (unpaired) electrons. The lowest BCUT2D eigenvalue weighted by Crippen LogP contribution is -2.23. The first-order valence-corrected chi connectivity index (χ1v) is 10.5. The molecule has 4 rings (SSSR count). The van der Waals surface area contributed by atoms with Crippen molar-refractivity contribution in [2.24, 2.45) is 0 Å². The van der Waals surface area contributed by atoms with Gasteiger partial charge in [-0.2, -0.15) is 0 Å². The summed E-state index contributed by atoms with van der Waals surface area (Å²) in [7, 11) is 4.02. The molecule has 0 spiro atoms. The third-order valence-corrected chi connectivity index (χ3v) is 5.10. The molecule has 4 aromatic rings. The maximum absolute atomic E-state index is 13.2. The van der Waals surface area contributed by atoms with Crippen LogP contribution < -0.4 is 10.1 Å². The average molecular weight is 427 g/mol. The largest absolute Gasteiger partial charge is 0.492 e. The second-order valence-electron chi connectivity index (χ2n) is 7.79. The Hall–Kier alpha value is -3.77. The molecule has 0 aliphatic carbocycles. The summed E-state index contributed by atoms with van der Waals surface area (Å²) in [6.45, 7) is 1.87. The summed E-state index contributed by atoms with van der Waals surface area (Å²) >= 11 is 0. The first kappa shape index (κ1) is 21.5. The molecule has 6 heteroatoms. The van der Waals surface area contributed by atoms with Crippen molar-refractivity contribution in [2.75, 3.05) is 27.2 Å². The monoisotopic (exact) mass is 426 g/mol. The highest BCUT2D eigenvalue weighted by Gasteiger charge is 2.14. The second-order valence-corrected chi connectivity index (χ2v) is 7.79. The standard InChI is InChI=1S/C26H26N4O2/c1-30(2)14-15-32-21-7-5-6-19(16-21)18-28-26(31)23-17-25(20-10-12-27-13-11-20)29-24-9-4-3-8-22(23)24/h3-13,16-17H,14-15,18H2,1-2H3,(H,28,31). The number of amides is 1. The van der Waals surface area contributed by atoms with Crippen LogP contribution in [0.2, 0.25) is 0 Å². The van der Waals surface area contributed by atoms with Crippen molar-refractivity contribution < 1.29 is 9.53 Å². The number of carbonyl (C=O) groups excluding carboxylic acids is 1. The van der Waals surface area contributed by atoms with Crippen LogP contribution in [0.15, 0.2) is 79.1 Å². The van der Waals surface area contributed by atoms with Gasteiger partial charge in [-0.15, -0.1) is 0 Å². The van der Waals surface area contributed by atoms with E-state index >= 15 is 0 Å². The van der Waals surface area contributed by atoms with Crippen LogP contribution in [0.4, 0.5) is 0 Å². The summed E-state index contributed by atoms with van der Waals surface area (Å²) in [5, 5.41) is 3.87. The number of aromatic nitrogens is 2. The zero-order chi connectivity index (χ0) is 22.3. The predicted octanol–water partition coefficient (Wildman–Crippen LogP) is 4.17. The highest BCUT2D eigenvalue weighted by Crippen LogP contribution is 2.24. The van der Waals surface area contributed by atoms with Gasteiger partial charge in [0.1, 0.15) is 12.4 Å². The zero-order valence-electron chi connectivity index (χ0n) is 18.3. The van der Waals surface area contributed by atoms with Gasteiger partial charge in [-0.25, -0.2) is 4.98 Å². The van der Waals surface area contributed by atoms with Crippen LogP contribution in [0, 0.1) is 0 Å². The molecule has 6 nitrogen and oxygen atoms in total. The molecule has 0 fully saturated rings. The fourth-order valence-electron chi connectivity index (χ4n) is 3.40. The molecule has 2 heterocycles. The first-order chi connectivity index (χ1) is 15.6. The zero-order valence-corrected chi connectivity index (χ0v) is 18.3. The van der Waals surface area contributed by atoms with E-state index in [1.54, 1.807) is 12.4 Å². The van der Waals surface area contributed by atoms with E-state index in [4.69, 9.17) is 9.72 Å². The molecular weight excluding hydrogens is 400 g/mol. The molecule has 0 unspecified atom stereocenters. The van der Waals surface area contributed by atoms with E-state index in [-0.39, 0.29) is 5.91 Å². The number of nitrogens with one attached hydrogen (secondary N) is 1. The molecule has 0 saturated heterocycles. The quantitative estimate of drug-likeness (QED) is 0.458. The lowest BCUT2D eigenvalue weighted by molar-refractivity contribution is 0.0952. The van der Waals surface area contributed by atoms with E-state index in [1.165, 1.54) is 0 Å². The Balaban J connectivity index is 1.53. The Morgan fingerprint density at radius 1 is 1.00 bits per heavy atom. The van der Waals surface area contributed by atoms with E-state index in [0.29, 0.717) is 18.7 Å². The Bertz CT molecular complexity index is 1210. The van der Waals surface area contributed by atoms with Crippen molar-refractivity contribution in [3.63, 3.8) is 0 Å². The van der Waals surface area contributed by atoms with Crippen molar-refractivity contribution in [1.82, 2.24) is 20.2 Å². The summed E-state index contributed by atoms with van der Waals surface area (Å²) in [6, 6.07) is 21.1. The molecule has 32 heavy (non-hydrogen) atoms. The van der Waals surface area contributed by atoms with Gasteiger partial charge in [0.05, 0.1) is 16.8 Å². The number of benzene rings is 2. The van der Waals surface area contributed by atoms with E-state index in [0.717, 1.165) is 40.0 Å². The number of pyridine rings is 2. The Kier molecular flexibility index (Phi) is 6.72. The number of likely N-dealkylation sites (N-methyl/N-ethyl adjacent to an activating group) is 1. The molecule has 1 amide bonds. The van der Waals surface area contributed by atoms with Gasteiger partial charge in [-0.05, 0) is 56.1 Å². The molecule has 2 aromatic heterocycles. The van der Waals surface area contributed by atoms with Crippen molar-refractivity contribution in [1.29, 1.82) is 0 Å². The van der Waals surface area contributed by atoms with E-state index in [2.05, 4.69) is 15.2 Å². The minimum atomic E-state index is -0.141. The van der Waals surface area contributed by atoms with Gasteiger partial charge in [0.15, 0.2) is 0 Å². The predicted molar refractivity (Wildman–Crippen MR) is 127 cm³/mol. The van der Waals surface area contributed by atoms with Gasteiger partial charge in [-0.1, -0.05) is 30.3 Å². The van der Waals surface area contributed by atoms with Crippen molar-refractivity contribution in [3.8, 4) is 17.0 Å². The summed E-state index contributed by atoms with van der Waals surface area (Å²) < 4.78 is 5.80. The Morgan fingerprint density at radius 3 is 2.62 bits per heavy atom. The minimum Gasteiger partial charge on any atom is -0.492 e. The van der Waals surface area contributed by atoms with E-state index in [9.17, 15) is 4.79 Å². The van der Waals surface area contributed by atoms with Gasteiger partial charge < -0.3 is 15.0 Å². The van der Waals surface area contributed by atoms with Gasteiger partial charge in [0, 0.05) is 36.4 Å². The third kappa shape index (κ3) is 5.28. The molecule has 0 bridgehead atoms. The third-order valence-electron chi connectivity index (χ3n) is 5.10. The average Bonchev–Trinajstić information content (AvgIpc) is 2.82. The van der Waals surface area contributed by atoms with Gasteiger partial charge in [-0.3, -0.25) is 9.78 Å². The topological polar surface area (TPSA) is 67.3 Å². The minimum absolute atomic E-state index is 0.141. The Morgan fingerprint density at radius 2 is 1.81 bits per heavy atom. The van der Waals surface area contributed by atoms with Crippen molar-refractivity contribution in [2.45, 2.75) is 6.54 Å². The highest BCUT2D eigenvalue weighted by atomic mass is 16.5. The summed E-state index contributed by atoms with van der Waals surface area (Å²) in [4.78, 5) is 24.0. The van der Waals surface area contributed by atoms with Crippen molar-refractivity contribution in [3.05, 3.63) is 90.3 Å². The molecule has 1 N–H and O–H groups in total. The van der Waals surface area contributed by atoms with E-state index in [1.807, 2.05) is 80.8 Å². The normalized spacial score (nSPS) is 11.0. The van der Waals surface area contributed by atoms with Crippen LogP contribution >= 0.6 is 0 Å². The molecular formula is C26H26N4O2. The fourth-order valence-corrected chi connectivity index (χ4v) is 3.40. The molecule has 162 valence electrons. The lowest BCUT2D eigenvalue weighted by atomic mass is 10.0. The smallest absolute Gasteiger partial charge is 0.252 e. The van der Waals surface area contributed by atoms with Gasteiger partial charge in [0.25, 0.3) is 5.91 Å². The number of hydrogen-bond donors (Lipinski definition) is 1. The summed E-state index contributed by atoms with van der Waals surface area (Å²) in [5.41, 5.74) is 4.02.